The number of hydrogen-bond donors (Lipinski definition) is 0. The van der Waals surface area contributed by atoms with E-state index in [-0.39, 0.29) is 4.90 Å². The first-order valence-electron chi connectivity index (χ1n) is 7.10. The highest BCUT2D eigenvalue weighted by atomic mass is 32.2. The van der Waals surface area contributed by atoms with Gasteiger partial charge in [-0.05, 0) is 54.8 Å². The maximum Gasteiger partial charge on any atom is 0.243 e. The van der Waals surface area contributed by atoms with Crippen molar-refractivity contribution in [3.05, 3.63) is 59.7 Å². The molecule has 0 saturated heterocycles. The van der Waals surface area contributed by atoms with Crippen LogP contribution in [0.15, 0.2) is 47.6 Å². The molecule has 2 aromatic rings. The number of likely N-dealkylation sites (N-methyl/N-ethyl adjacent to an activating group) is 1. The summed E-state index contributed by atoms with van der Waals surface area (Å²) < 4.78 is 40.0. The topological polar surface area (TPSA) is 50.3 Å². The lowest BCUT2D eigenvalue weighted by molar-refractivity contribution is 0.431. The van der Waals surface area contributed by atoms with Crippen molar-refractivity contribution in [1.29, 1.82) is 0 Å². The molecule has 0 atom stereocenters. The lowest BCUT2D eigenvalue weighted by Gasteiger charge is -2.20. The Balaban J connectivity index is 2.19. The van der Waals surface area contributed by atoms with E-state index in [0.717, 1.165) is 5.56 Å². The van der Waals surface area contributed by atoms with E-state index in [4.69, 9.17) is 0 Å². The second kappa shape index (κ2) is 6.98. The standard InChI is InChI=1S/C16H19FN2O2S/c1-3-19(11-8-14-6-9-18-10-7-14)22(20,21)15-4-5-16(17)13(2)12-15/h4-7,9-10,12H,3,8,11H2,1-2H3. The van der Waals surface area contributed by atoms with Gasteiger partial charge in [-0.25, -0.2) is 12.8 Å². The fourth-order valence-corrected chi connectivity index (χ4v) is 3.71. The van der Waals surface area contributed by atoms with Crippen molar-refractivity contribution in [2.45, 2.75) is 25.2 Å². The van der Waals surface area contributed by atoms with Crippen molar-refractivity contribution in [1.82, 2.24) is 9.29 Å². The maximum atomic E-state index is 13.3. The fraction of sp³-hybridized carbons (Fsp3) is 0.312. The van der Waals surface area contributed by atoms with Gasteiger partial charge in [0.05, 0.1) is 4.90 Å². The van der Waals surface area contributed by atoms with Gasteiger partial charge in [-0.2, -0.15) is 4.31 Å². The predicted octanol–water partition coefficient (Wildman–Crippen LogP) is 2.78. The minimum absolute atomic E-state index is 0.128. The summed E-state index contributed by atoms with van der Waals surface area (Å²) in [5.74, 6) is -0.404. The number of hydrogen-bond acceptors (Lipinski definition) is 3. The average Bonchev–Trinajstić information content (AvgIpc) is 2.51. The SMILES string of the molecule is CCN(CCc1ccncc1)S(=O)(=O)c1ccc(F)c(C)c1. The highest BCUT2D eigenvalue weighted by Gasteiger charge is 2.23. The molecule has 0 bridgehead atoms. The zero-order chi connectivity index (χ0) is 16.2. The van der Waals surface area contributed by atoms with Gasteiger partial charge in [-0.3, -0.25) is 4.98 Å². The van der Waals surface area contributed by atoms with E-state index in [9.17, 15) is 12.8 Å². The van der Waals surface area contributed by atoms with Crippen molar-refractivity contribution < 1.29 is 12.8 Å². The third-order valence-electron chi connectivity index (χ3n) is 3.52. The molecule has 0 spiro atoms. The molecule has 0 N–H and O–H groups in total. The van der Waals surface area contributed by atoms with Crippen LogP contribution in [0.3, 0.4) is 0 Å². The maximum absolute atomic E-state index is 13.3. The smallest absolute Gasteiger partial charge is 0.243 e. The molecule has 0 saturated carbocycles. The number of nitrogens with zero attached hydrogens (tertiary/aromatic N) is 2. The Morgan fingerprint density at radius 2 is 1.86 bits per heavy atom. The molecule has 0 amide bonds. The third kappa shape index (κ3) is 3.69. The van der Waals surface area contributed by atoms with Crippen molar-refractivity contribution in [2.24, 2.45) is 0 Å². The summed E-state index contributed by atoms with van der Waals surface area (Å²) in [6, 6.07) is 7.61. The summed E-state index contributed by atoms with van der Waals surface area (Å²) in [5, 5.41) is 0. The van der Waals surface area contributed by atoms with Gasteiger partial charge in [0.15, 0.2) is 0 Å². The Kier molecular flexibility index (Phi) is 5.26. The van der Waals surface area contributed by atoms with Crippen LogP contribution in [0.1, 0.15) is 18.1 Å². The van der Waals surface area contributed by atoms with E-state index in [1.165, 1.54) is 22.5 Å². The lowest BCUT2D eigenvalue weighted by atomic mass is 10.2. The molecule has 0 aliphatic carbocycles. The van der Waals surface area contributed by atoms with Gasteiger partial charge in [0.1, 0.15) is 5.82 Å². The summed E-state index contributed by atoms with van der Waals surface area (Å²) in [6.45, 7) is 4.09. The molecule has 0 fully saturated rings. The molecular formula is C16H19FN2O2S. The van der Waals surface area contributed by atoms with Gasteiger partial charge < -0.3 is 0 Å². The molecule has 2 rings (SSSR count). The predicted molar refractivity (Wildman–Crippen MR) is 83.5 cm³/mol. The minimum Gasteiger partial charge on any atom is -0.265 e. The van der Waals surface area contributed by atoms with Crippen molar-refractivity contribution in [3.8, 4) is 0 Å². The average molecular weight is 322 g/mol. The molecule has 0 radical (unpaired) electrons. The van der Waals surface area contributed by atoms with E-state index < -0.39 is 15.8 Å². The molecular weight excluding hydrogens is 303 g/mol. The summed E-state index contributed by atoms with van der Waals surface area (Å²) in [4.78, 5) is 4.07. The number of aryl methyl sites for hydroxylation is 1. The Bertz CT molecular complexity index is 733. The zero-order valence-electron chi connectivity index (χ0n) is 12.7. The molecule has 118 valence electrons. The van der Waals surface area contributed by atoms with Gasteiger partial charge in [-0.1, -0.05) is 6.92 Å². The molecule has 1 aromatic carbocycles. The Hall–Kier alpha value is -1.79. The van der Waals surface area contributed by atoms with Gasteiger partial charge >= 0.3 is 0 Å². The molecule has 1 heterocycles. The lowest BCUT2D eigenvalue weighted by Crippen LogP contribution is -2.32. The summed E-state index contributed by atoms with van der Waals surface area (Å²) in [5.41, 5.74) is 1.35. The van der Waals surface area contributed by atoms with Crippen LogP contribution in [0.25, 0.3) is 0 Å². The fourth-order valence-electron chi connectivity index (χ4n) is 2.18. The first-order chi connectivity index (χ1) is 10.4. The van der Waals surface area contributed by atoms with Gasteiger partial charge in [-0.15, -0.1) is 0 Å². The number of rotatable bonds is 6. The molecule has 1 aromatic heterocycles. The summed E-state index contributed by atoms with van der Waals surface area (Å²) in [7, 11) is -3.61. The van der Waals surface area contributed by atoms with E-state index in [1.807, 2.05) is 12.1 Å². The summed E-state index contributed by atoms with van der Waals surface area (Å²) in [6.07, 6.45) is 3.97. The monoisotopic (exact) mass is 322 g/mol. The van der Waals surface area contributed by atoms with Crippen molar-refractivity contribution in [2.75, 3.05) is 13.1 Å². The number of benzene rings is 1. The van der Waals surface area contributed by atoms with Crippen molar-refractivity contribution >= 4 is 10.0 Å². The number of aromatic nitrogens is 1. The Morgan fingerprint density at radius 3 is 2.45 bits per heavy atom. The first kappa shape index (κ1) is 16.6. The van der Waals surface area contributed by atoms with E-state index in [0.29, 0.717) is 25.1 Å². The minimum atomic E-state index is -3.61. The van der Waals surface area contributed by atoms with Crippen LogP contribution in [-0.2, 0) is 16.4 Å². The van der Waals surface area contributed by atoms with E-state index in [1.54, 1.807) is 26.2 Å². The summed E-state index contributed by atoms with van der Waals surface area (Å²) >= 11 is 0. The number of halogens is 1. The molecule has 6 heteroatoms. The van der Waals surface area contributed by atoms with Crippen LogP contribution in [0.2, 0.25) is 0 Å². The molecule has 0 aliphatic rings. The van der Waals surface area contributed by atoms with Crippen LogP contribution < -0.4 is 0 Å². The Morgan fingerprint density at radius 1 is 1.18 bits per heavy atom. The van der Waals surface area contributed by atoms with E-state index in [2.05, 4.69) is 4.98 Å². The quantitative estimate of drug-likeness (QED) is 0.822. The highest BCUT2D eigenvalue weighted by molar-refractivity contribution is 7.89. The number of pyridine rings is 1. The van der Waals surface area contributed by atoms with Crippen LogP contribution in [-0.4, -0.2) is 30.8 Å². The van der Waals surface area contributed by atoms with Crippen LogP contribution >= 0.6 is 0 Å². The van der Waals surface area contributed by atoms with Crippen molar-refractivity contribution in [3.63, 3.8) is 0 Å². The molecule has 0 unspecified atom stereocenters. The third-order valence-corrected chi connectivity index (χ3v) is 5.49. The van der Waals surface area contributed by atoms with E-state index >= 15 is 0 Å². The highest BCUT2D eigenvalue weighted by Crippen LogP contribution is 2.19. The van der Waals surface area contributed by atoms with Gasteiger partial charge in [0.25, 0.3) is 0 Å². The second-order valence-electron chi connectivity index (χ2n) is 5.01. The molecule has 0 aliphatic heterocycles. The largest absolute Gasteiger partial charge is 0.265 e. The Labute approximate surface area is 130 Å². The first-order valence-corrected chi connectivity index (χ1v) is 8.54. The van der Waals surface area contributed by atoms with Crippen LogP contribution in [0, 0.1) is 12.7 Å². The van der Waals surface area contributed by atoms with Gasteiger partial charge in [0.2, 0.25) is 10.0 Å². The molecule has 4 nitrogen and oxygen atoms in total. The normalized spacial score (nSPS) is 11.8. The van der Waals surface area contributed by atoms with Gasteiger partial charge in [0, 0.05) is 25.5 Å². The second-order valence-corrected chi connectivity index (χ2v) is 6.95. The van der Waals surface area contributed by atoms with Crippen LogP contribution in [0.4, 0.5) is 4.39 Å². The number of sulfonamides is 1. The van der Waals surface area contributed by atoms with Crippen LogP contribution in [0.5, 0.6) is 0 Å². The molecule has 22 heavy (non-hydrogen) atoms. The zero-order valence-corrected chi connectivity index (χ0v) is 13.5.